The minimum Gasteiger partial charge on any atom is -0.495 e. The molecule has 1 N–H and O–H groups in total. The van der Waals surface area contributed by atoms with Crippen molar-refractivity contribution in [2.24, 2.45) is 0 Å². The summed E-state index contributed by atoms with van der Waals surface area (Å²) in [7, 11) is 1.67. The lowest BCUT2D eigenvalue weighted by Gasteiger charge is -2.29. The molecule has 1 aromatic rings. The maximum atomic E-state index is 9.82. The van der Waals surface area contributed by atoms with E-state index < -0.39 is 6.23 Å². The molecule has 0 aliphatic rings. The number of hydrogen-bond acceptors (Lipinski definition) is 4. The number of ether oxygens (including phenoxy) is 1. The number of aliphatic hydroxyl groups is 1. The van der Waals surface area contributed by atoms with Crippen LogP contribution in [0.25, 0.3) is 0 Å². The number of rotatable bonds is 7. The maximum Gasteiger partial charge on any atom is 0.144 e. The predicted octanol–water partition coefficient (Wildman–Crippen LogP) is 2.71. The van der Waals surface area contributed by atoms with E-state index in [1.807, 2.05) is 24.0 Å². The van der Waals surface area contributed by atoms with Gasteiger partial charge in [0, 0.05) is 31.4 Å². The predicted molar refractivity (Wildman–Crippen MR) is 81.3 cm³/mol. The summed E-state index contributed by atoms with van der Waals surface area (Å²) < 4.78 is 5.48. The van der Waals surface area contributed by atoms with Gasteiger partial charge in [-0.25, -0.2) is 0 Å². The molecule has 1 unspecified atom stereocenters. The summed E-state index contributed by atoms with van der Waals surface area (Å²) in [6.07, 6.45) is -0.529. The quantitative estimate of drug-likeness (QED) is 0.770. The molecule has 108 valence electrons. The van der Waals surface area contributed by atoms with E-state index in [2.05, 4.69) is 24.8 Å². The first-order valence-electron chi connectivity index (χ1n) is 6.96. The molecule has 0 fully saturated rings. The molecule has 0 heterocycles. The van der Waals surface area contributed by atoms with Gasteiger partial charge in [-0.2, -0.15) is 0 Å². The van der Waals surface area contributed by atoms with Crippen molar-refractivity contribution in [3.63, 3.8) is 0 Å². The Morgan fingerprint density at radius 1 is 1.16 bits per heavy atom. The van der Waals surface area contributed by atoms with E-state index in [9.17, 15) is 5.11 Å². The zero-order valence-corrected chi connectivity index (χ0v) is 12.7. The Morgan fingerprint density at radius 2 is 1.79 bits per heavy atom. The molecule has 1 atom stereocenters. The third-order valence-electron chi connectivity index (χ3n) is 3.39. The molecule has 0 radical (unpaired) electrons. The highest BCUT2D eigenvalue weighted by Gasteiger charge is 2.16. The Morgan fingerprint density at radius 3 is 2.21 bits per heavy atom. The van der Waals surface area contributed by atoms with E-state index >= 15 is 0 Å². The number of anilines is 2. The van der Waals surface area contributed by atoms with Crippen LogP contribution < -0.4 is 14.5 Å². The van der Waals surface area contributed by atoms with Gasteiger partial charge in [0.25, 0.3) is 0 Å². The summed E-state index contributed by atoms with van der Waals surface area (Å²) in [5, 5.41) is 9.82. The molecule has 0 saturated carbocycles. The lowest BCUT2D eigenvalue weighted by atomic mass is 10.2. The average Bonchev–Trinajstić information content (AvgIpc) is 2.41. The Labute approximate surface area is 116 Å². The van der Waals surface area contributed by atoms with Gasteiger partial charge >= 0.3 is 0 Å². The van der Waals surface area contributed by atoms with Gasteiger partial charge in [-0.15, -0.1) is 0 Å². The van der Waals surface area contributed by atoms with Gasteiger partial charge in [0.1, 0.15) is 12.0 Å². The Bertz CT molecular complexity index is 390. The molecule has 0 aliphatic carbocycles. The van der Waals surface area contributed by atoms with Gasteiger partial charge in [0.05, 0.1) is 12.8 Å². The van der Waals surface area contributed by atoms with Crippen molar-refractivity contribution in [3.05, 3.63) is 18.2 Å². The first-order valence-corrected chi connectivity index (χ1v) is 6.96. The monoisotopic (exact) mass is 266 g/mol. The van der Waals surface area contributed by atoms with E-state index in [0.29, 0.717) is 0 Å². The van der Waals surface area contributed by atoms with E-state index in [1.54, 1.807) is 14.0 Å². The minimum absolute atomic E-state index is 0.529. The van der Waals surface area contributed by atoms with Gasteiger partial charge in [-0.3, -0.25) is 0 Å². The standard InChI is InChI=1S/C15H26N2O2/c1-6-16(7-2)13-9-10-14(15(11-13)19-5)17(8-3)12(4)18/h9-12,18H,6-8H2,1-5H3. The molecule has 4 nitrogen and oxygen atoms in total. The van der Waals surface area contributed by atoms with Crippen molar-refractivity contribution in [2.45, 2.75) is 33.9 Å². The topological polar surface area (TPSA) is 35.9 Å². The fourth-order valence-electron chi connectivity index (χ4n) is 2.32. The molecule has 0 aliphatic heterocycles. The highest BCUT2D eigenvalue weighted by Crippen LogP contribution is 2.33. The first kappa shape index (κ1) is 15.6. The SMILES string of the molecule is CCN(CC)c1ccc(N(CC)C(C)O)c(OC)c1. The third kappa shape index (κ3) is 3.53. The van der Waals surface area contributed by atoms with E-state index in [4.69, 9.17) is 4.74 Å². The van der Waals surface area contributed by atoms with Crippen molar-refractivity contribution >= 4 is 11.4 Å². The molecule has 0 amide bonds. The van der Waals surface area contributed by atoms with Crippen LogP contribution in [0, 0.1) is 0 Å². The zero-order valence-electron chi connectivity index (χ0n) is 12.7. The number of nitrogens with zero attached hydrogens (tertiary/aromatic N) is 2. The summed E-state index contributed by atoms with van der Waals surface area (Å²) in [6.45, 7) is 10.7. The summed E-state index contributed by atoms with van der Waals surface area (Å²) in [5.74, 6) is 0.798. The molecule has 1 aromatic carbocycles. The Kier molecular flexibility index (Phi) is 5.96. The largest absolute Gasteiger partial charge is 0.495 e. The lowest BCUT2D eigenvalue weighted by molar-refractivity contribution is 0.189. The van der Waals surface area contributed by atoms with E-state index in [1.165, 1.54) is 0 Å². The van der Waals surface area contributed by atoms with Crippen LogP contribution in [-0.4, -0.2) is 38.1 Å². The normalized spacial score (nSPS) is 12.1. The molecule has 0 spiro atoms. The maximum absolute atomic E-state index is 9.82. The molecular weight excluding hydrogens is 240 g/mol. The molecular formula is C15H26N2O2. The fraction of sp³-hybridized carbons (Fsp3) is 0.600. The number of aliphatic hydroxyl groups excluding tert-OH is 1. The molecule has 0 aromatic heterocycles. The van der Waals surface area contributed by atoms with Gasteiger partial charge in [0.15, 0.2) is 0 Å². The highest BCUT2D eigenvalue weighted by atomic mass is 16.5. The van der Waals surface area contributed by atoms with Crippen molar-refractivity contribution in [1.82, 2.24) is 0 Å². The second-order valence-corrected chi connectivity index (χ2v) is 4.45. The average molecular weight is 266 g/mol. The molecule has 0 bridgehead atoms. The van der Waals surface area contributed by atoms with Crippen molar-refractivity contribution in [3.8, 4) is 5.75 Å². The zero-order chi connectivity index (χ0) is 14.4. The number of benzene rings is 1. The summed E-state index contributed by atoms with van der Waals surface area (Å²) >= 11 is 0. The van der Waals surface area contributed by atoms with Crippen LogP contribution in [0.15, 0.2) is 18.2 Å². The summed E-state index contributed by atoms with van der Waals surface area (Å²) in [5.41, 5.74) is 2.07. The highest BCUT2D eigenvalue weighted by molar-refractivity contribution is 5.66. The molecule has 19 heavy (non-hydrogen) atoms. The Balaban J connectivity index is 3.15. The van der Waals surface area contributed by atoms with Crippen molar-refractivity contribution in [2.75, 3.05) is 36.5 Å². The summed E-state index contributed by atoms with van der Waals surface area (Å²) in [4.78, 5) is 4.18. The Hall–Kier alpha value is -1.42. The second-order valence-electron chi connectivity index (χ2n) is 4.45. The molecule has 0 saturated heterocycles. The van der Waals surface area contributed by atoms with Gasteiger partial charge < -0.3 is 19.6 Å². The third-order valence-corrected chi connectivity index (χ3v) is 3.39. The van der Waals surface area contributed by atoms with Crippen molar-refractivity contribution in [1.29, 1.82) is 0 Å². The van der Waals surface area contributed by atoms with Gasteiger partial charge in [-0.1, -0.05) is 0 Å². The van der Waals surface area contributed by atoms with Crippen LogP contribution in [0.3, 0.4) is 0 Å². The van der Waals surface area contributed by atoms with Crippen LogP contribution in [-0.2, 0) is 0 Å². The number of hydrogen-bond donors (Lipinski definition) is 1. The van der Waals surface area contributed by atoms with Crippen LogP contribution >= 0.6 is 0 Å². The molecule has 4 heteroatoms. The molecule has 1 rings (SSSR count). The van der Waals surface area contributed by atoms with Gasteiger partial charge in [0.2, 0.25) is 0 Å². The van der Waals surface area contributed by atoms with Crippen LogP contribution in [0.5, 0.6) is 5.75 Å². The van der Waals surface area contributed by atoms with E-state index in [0.717, 1.165) is 36.8 Å². The van der Waals surface area contributed by atoms with Crippen LogP contribution in [0.4, 0.5) is 11.4 Å². The summed E-state index contributed by atoms with van der Waals surface area (Å²) in [6, 6.07) is 6.13. The number of methoxy groups -OCH3 is 1. The smallest absolute Gasteiger partial charge is 0.144 e. The van der Waals surface area contributed by atoms with Crippen molar-refractivity contribution < 1.29 is 9.84 Å². The first-order chi connectivity index (χ1) is 9.08. The lowest BCUT2D eigenvalue weighted by Crippen LogP contribution is -2.32. The van der Waals surface area contributed by atoms with E-state index in [-0.39, 0.29) is 0 Å². The van der Waals surface area contributed by atoms with Crippen LogP contribution in [0.1, 0.15) is 27.7 Å². The van der Waals surface area contributed by atoms with Gasteiger partial charge in [-0.05, 0) is 39.8 Å². The minimum atomic E-state index is -0.529. The second kappa shape index (κ2) is 7.24. The van der Waals surface area contributed by atoms with Crippen LogP contribution in [0.2, 0.25) is 0 Å². The fourth-order valence-corrected chi connectivity index (χ4v) is 2.32.